The first kappa shape index (κ1) is 12.1. The third-order valence-electron chi connectivity index (χ3n) is 2.54. The van der Waals surface area contributed by atoms with E-state index in [0.29, 0.717) is 0 Å². The Kier molecular flexibility index (Phi) is 4.03. The van der Waals surface area contributed by atoms with Crippen LogP contribution in [-0.4, -0.2) is 0 Å². The van der Waals surface area contributed by atoms with Crippen molar-refractivity contribution in [1.82, 2.24) is 0 Å². The minimum absolute atomic E-state index is 0.0632. The summed E-state index contributed by atoms with van der Waals surface area (Å²) in [6.07, 6.45) is 1.99. The number of aryl methyl sites for hydroxylation is 2. The zero-order valence-electron chi connectivity index (χ0n) is 9.07. The van der Waals surface area contributed by atoms with E-state index >= 15 is 0 Å². The molecule has 2 aromatic heterocycles. The second kappa shape index (κ2) is 5.32. The van der Waals surface area contributed by atoms with Gasteiger partial charge in [0.05, 0.1) is 5.02 Å². The van der Waals surface area contributed by atoms with Gasteiger partial charge in [-0.05, 0) is 42.2 Å². The van der Waals surface area contributed by atoms with Crippen molar-refractivity contribution in [3.05, 3.63) is 43.2 Å². The SMILES string of the molecule is Cc1csc(C(N)CCc2cccs2)c1Cl. The van der Waals surface area contributed by atoms with Crippen LogP contribution >= 0.6 is 34.3 Å². The quantitative estimate of drug-likeness (QED) is 0.876. The lowest BCUT2D eigenvalue weighted by Crippen LogP contribution is -2.09. The molecule has 2 N–H and O–H groups in total. The minimum Gasteiger partial charge on any atom is -0.323 e. The van der Waals surface area contributed by atoms with Crippen molar-refractivity contribution in [2.45, 2.75) is 25.8 Å². The fourth-order valence-electron chi connectivity index (χ4n) is 1.58. The van der Waals surface area contributed by atoms with Gasteiger partial charge in [-0.25, -0.2) is 0 Å². The molecule has 1 unspecified atom stereocenters. The van der Waals surface area contributed by atoms with E-state index in [2.05, 4.69) is 22.9 Å². The smallest absolute Gasteiger partial charge is 0.0590 e. The van der Waals surface area contributed by atoms with Gasteiger partial charge in [-0.3, -0.25) is 0 Å². The molecule has 16 heavy (non-hydrogen) atoms. The second-order valence-corrected chi connectivity index (χ2v) is 6.14. The molecule has 0 radical (unpaired) electrons. The van der Waals surface area contributed by atoms with Gasteiger partial charge in [-0.2, -0.15) is 0 Å². The summed E-state index contributed by atoms with van der Waals surface area (Å²) < 4.78 is 0. The molecule has 4 heteroatoms. The number of thiophene rings is 2. The van der Waals surface area contributed by atoms with Crippen LogP contribution < -0.4 is 5.73 Å². The fourth-order valence-corrected chi connectivity index (χ4v) is 3.68. The summed E-state index contributed by atoms with van der Waals surface area (Å²) >= 11 is 9.65. The Morgan fingerprint density at radius 1 is 1.44 bits per heavy atom. The van der Waals surface area contributed by atoms with Gasteiger partial charge in [0, 0.05) is 15.8 Å². The molecule has 0 fully saturated rings. The summed E-state index contributed by atoms with van der Waals surface area (Å²) in [4.78, 5) is 2.51. The summed E-state index contributed by atoms with van der Waals surface area (Å²) in [5, 5.41) is 5.02. The summed E-state index contributed by atoms with van der Waals surface area (Å²) in [6, 6.07) is 4.29. The van der Waals surface area contributed by atoms with Crippen molar-refractivity contribution in [1.29, 1.82) is 0 Å². The molecule has 0 saturated carbocycles. The van der Waals surface area contributed by atoms with Gasteiger partial charge in [0.25, 0.3) is 0 Å². The Labute approximate surface area is 109 Å². The minimum atomic E-state index is 0.0632. The number of halogens is 1. The van der Waals surface area contributed by atoms with Gasteiger partial charge in [0.1, 0.15) is 0 Å². The monoisotopic (exact) mass is 271 g/mol. The van der Waals surface area contributed by atoms with Gasteiger partial charge in [0.2, 0.25) is 0 Å². The largest absolute Gasteiger partial charge is 0.323 e. The third-order valence-corrected chi connectivity index (χ3v) is 5.33. The molecule has 1 nitrogen and oxygen atoms in total. The molecule has 0 amide bonds. The van der Waals surface area contributed by atoms with E-state index in [-0.39, 0.29) is 6.04 Å². The van der Waals surface area contributed by atoms with Crippen molar-refractivity contribution in [3.63, 3.8) is 0 Å². The molecular weight excluding hydrogens is 258 g/mol. The Morgan fingerprint density at radius 3 is 2.81 bits per heavy atom. The molecule has 0 aliphatic rings. The molecule has 2 heterocycles. The Morgan fingerprint density at radius 2 is 2.25 bits per heavy atom. The van der Waals surface area contributed by atoms with Crippen LogP contribution in [0.4, 0.5) is 0 Å². The lowest BCUT2D eigenvalue weighted by molar-refractivity contribution is 0.666. The van der Waals surface area contributed by atoms with Crippen LogP contribution in [0.1, 0.15) is 27.8 Å². The van der Waals surface area contributed by atoms with Crippen LogP contribution in [0, 0.1) is 6.92 Å². The molecule has 0 aromatic carbocycles. The Balaban J connectivity index is 1.98. The maximum absolute atomic E-state index is 6.20. The molecule has 2 rings (SSSR count). The molecule has 0 bridgehead atoms. The summed E-state index contributed by atoms with van der Waals surface area (Å²) in [7, 11) is 0. The van der Waals surface area contributed by atoms with Gasteiger partial charge in [-0.1, -0.05) is 17.7 Å². The molecule has 1 atom stereocenters. The number of hydrogen-bond acceptors (Lipinski definition) is 3. The first-order valence-corrected chi connectivity index (χ1v) is 7.33. The van der Waals surface area contributed by atoms with E-state index in [9.17, 15) is 0 Å². The van der Waals surface area contributed by atoms with Crippen molar-refractivity contribution in [2.75, 3.05) is 0 Å². The Hall–Kier alpha value is -0.350. The van der Waals surface area contributed by atoms with Crippen LogP contribution in [0.15, 0.2) is 22.9 Å². The van der Waals surface area contributed by atoms with E-state index in [4.69, 9.17) is 17.3 Å². The Bertz CT molecular complexity index is 448. The summed E-state index contributed by atoms with van der Waals surface area (Å²) in [5.41, 5.74) is 7.29. The first-order valence-electron chi connectivity index (χ1n) is 5.20. The maximum Gasteiger partial charge on any atom is 0.0590 e. The number of nitrogens with two attached hydrogens (primary N) is 1. The van der Waals surface area contributed by atoms with E-state index in [1.54, 1.807) is 22.7 Å². The average Bonchev–Trinajstić information content (AvgIpc) is 2.88. The zero-order valence-corrected chi connectivity index (χ0v) is 11.5. The van der Waals surface area contributed by atoms with Crippen LogP contribution in [0.3, 0.4) is 0 Å². The summed E-state index contributed by atoms with van der Waals surface area (Å²) in [5.74, 6) is 0. The highest BCUT2D eigenvalue weighted by molar-refractivity contribution is 7.11. The maximum atomic E-state index is 6.20. The van der Waals surface area contributed by atoms with Crippen LogP contribution in [0.5, 0.6) is 0 Å². The van der Waals surface area contributed by atoms with Crippen molar-refractivity contribution < 1.29 is 0 Å². The van der Waals surface area contributed by atoms with Crippen LogP contribution in [-0.2, 0) is 6.42 Å². The first-order chi connectivity index (χ1) is 7.68. The van der Waals surface area contributed by atoms with Gasteiger partial charge in [-0.15, -0.1) is 22.7 Å². The molecule has 0 spiro atoms. The van der Waals surface area contributed by atoms with Crippen LogP contribution in [0.2, 0.25) is 5.02 Å². The molecule has 0 saturated heterocycles. The summed E-state index contributed by atoms with van der Waals surface area (Å²) in [6.45, 7) is 2.02. The zero-order chi connectivity index (χ0) is 11.5. The van der Waals surface area contributed by atoms with Gasteiger partial charge >= 0.3 is 0 Å². The molecule has 2 aromatic rings. The van der Waals surface area contributed by atoms with E-state index < -0.39 is 0 Å². The van der Waals surface area contributed by atoms with E-state index in [1.807, 2.05) is 6.92 Å². The normalized spacial score (nSPS) is 12.9. The predicted octanol–water partition coefficient (Wildman–Crippen LogP) is 4.40. The van der Waals surface area contributed by atoms with E-state index in [1.165, 1.54) is 4.88 Å². The number of hydrogen-bond donors (Lipinski definition) is 1. The lowest BCUT2D eigenvalue weighted by atomic mass is 10.1. The molecule has 0 aliphatic heterocycles. The topological polar surface area (TPSA) is 26.0 Å². The standard InChI is InChI=1S/C12H14ClNS2/c1-8-7-16-12(11(8)13)10(14)5-4-9-3-2-6-15-9/h2-3,6-7,10H,4-5,14H2,1H3. The van der Waals surface area contributed by atoms with Crippen molar-refractivity contribution in [2.24, 2.45) is 5.73 Å². The highest BCUT2D eigenvalue weighted by Crippen LogP contribution is 2.33. The molecule has 0 aliphatic carbocycles. The lowest BCUT2D eigenvalue weighted by Gasteiger charge is -2.09. The predicted molar refractivity (Wildman–Crippen MR) is 73.6 cm³/mol. The fraction of sp³-hybridized carbons (Fsp3) is 0.333. The third kappa shape index (κ3) is 2.66. The average molecular weight is 272 g/mol. The van der Waals surface area contributed by atoms with Crippen molar-refractivity contribution in [3.8, 4) is 0 Å². The number of rotatable bonds is 4. The van der Waals surface area contributed by atoms with Gasteiger partial charge < -0.3 is 5.73 Å². The second-order valence-electron chi connectivity index (χ2n) is 3.82. The van der Waals surface area contributed by atoms with Crippen molar-refractivity contribution >= 4 is 34.3 Å². The molecule has 86 valence electrons. The molecular formula is C12H14ClNS2. The highest BCUT2D eigenvalue weighted by atomic mass is 35.5. The highest BCUT2D eigenvalue weighted by Gasteiger charge is 2.14. The van der Waals surface area contributed by atoms with E-state index in [0.717, 1.165) is 28.3 Å². The van der Waals surface area contributed by atoms with Gasteiger partial charge in [0.15, 0.2) is 0 Å². The van der Waals surface area contributed by atoms with Crippen LogP contribution in [0.25, 0.3) is 0 Å².